The van der Waals surface area contributed by atoms with E-state index in [9.17, 15) is 14.4 Å². The molecule has 1 heterocycles. The standard InChI is InChI=1S/C18H16N2O4S/c1-8-4-3-5-12(9(8)2)20-17(22)16-15(19)11-6-10(18(23)24)13(21)7-14(11)25-16/h3-6H,7,19H2,1-2H3,(H,20,22)(H,23,24). The highest BCUT2D eigenvalue weighted by atomic mass is 32.1. The summed E-state index contributed by atoms with van der Waals surface area (Å²) in [4.78, 5) is 36.5. The average Bonchev–Trinajstić information content (AvgIpc) is 2.87. The van der Waals surface area contributed by atoms with Crippen LogP contribution >= 0.6 is 11.3 Å². The topological polar surface area (TPSA) is 109 Å². The maximum Gasteiger partial charge on any atom is 0.339 e. The highest BCUT2D eigenvalue weighted by molar-refractivity contribution is 7.15. The summed E-state index contributed by atoms with van der Waals surface area (Å²) in [5, 5.41) is 11.9. The molecule has 25 heavy (non-hydrogen) atoms. The number of nitrogen functional groups attached to an aromatic ring is 1. The van der Waals surface area contributed by atoms with E-state index in [1.165, 1.54) is 6.08 Å². The van der Waals surface area contributed by atoms with Gasteiger partial charge in [-0.05, 0) is 37.1 Å². The van der Waals surface area contributed by atoms with Crippen molar-refractivity contribution in [3.8, 4) is 0 Å². The van der Waals surface area contributed by atoms with Gasteiger partial charge >= 0.3 is 5.97 Å². The van der Waals surface area contributed by atoms with Gasteiger partial charge in [0.1, 0.15) is 10.5 Å². The lowest BCUT2D eigenvalue weighted by Gasteiger charge is -2.10. The summed E-state index contributed by atoms with van der Waals surface area (Å²) in [6.45, 7) is 3.86. The first-order chi connectivity index (χ1) is 11.8. The number of thiophene rings is 1. The summed E-state index contributed by atoms with van der Waals surface area (Å²) >= 11 is 1.12. The minimum Gasteiger partial charge on any atom is -0.478 e. The molecule has 1 amide bonds. The Morgan fingerprint density at radius 1 is 1.28 bits per heavy atom. The van der Waals surface area contributed by atoms with Crippen molar-refractivity contribution in [3.05, 3.63) is 50.2 Å². The molecule has 0 bridgehead atoms. The minimum atomic E-state index is -1.29. The molecule has 128 valence electrons. The molecule has 7 heteroatoms. The normalized spacial score (nSPS) is 13.2. The summed E-state index contributed by atoms with van der Waals surface area (Å²) < 4.78 is 0. The highest BCUT2D eigenvalue weighted by Gasteiger charge is 2.29. The van der Waals surface area contributed by atoms with Crippen molar-refractivity contribution >= 4 is 46.4 Å². The van der Waals surface area contributed by atoms with E-state index in [1.807, 2.05) is 26.0 Å². The van der Waals surface area contributed by atoms with E-state index >= 15 is 0 Å². The number of nitrogens with one attached hydrogen (secondary N) is 1. The van der Waals surface area contributed by atoms with Crippen LogP contribution in [0.15, 0.2) is 23.8 Å². The predicted octanol–water partition coefficient (Wildman–Crippen LogP) is 2.79. The molecule has 1 aromatic heterocycles. The molecule has 2 aromatic rings. The number of benzene rings is 1. The number of ketones is 1. The van der Waals surface area contributed by atoms with Gasteiger partial charge in [0.15, 0.2) is 5.78 Å². The van der Waals surface area contributed by atoms with Crippen LogP contribution < -0.4 is 11.1 Å². The Hall–Kier alpha value is -2.93. The third-order valence-electron chi connectivity index (χ3n) is 4.26. The van der Waals surface area contributed by atoms with Gasteiger partial charge in [0.05, 0.1) is 5.69 Å². The van der Waals surface area contributed by atoms with Crippen LogP contribution in [0.4, 0.5) is 11.4 Å². The van der Waals surface area contributed by atoms with E-state index in [-0.39, 0.29) is 28.5 Å². The second-order valence-corrected chi connectivity index (χ2v) is 6.95. The lowest BCUT2D eigenvalue weighted by Crippen LogP contribution is -2.17. The maximum atomic E-state index is 12.6. The Morgan fingerprint density at radius 2 is 2.00 bits per heavy atom. The van der Waals surface area contributed by atoms with Crippen molar-refractivity contribution in [1.29, 1.82) is 0 Å². The number of hydrogen-bond acceptors (Lipinski definition) is 5. The van der Waals surface area contributed by atoms with Crippen LogP contribution in [0.1, 0.15) is 31.2 Å². The number of aryl methyl sites for hydroxylation is 1. The lowest BCUT2D eigenvalue weighted by atomic mass is 9.96. The number of hydrogen-bond donors (Lipinski definition) is 3. The second kappa shape index (κ2) is 6.18. The molecule has 0 saturated carbocycles. The Kier molecular flexibility index (Phi) is 4.18. The molecule has 0 aliphatic heterocycles. The molecule has 0 saturated heterocycles. The molecular formula is C18H16N2O4S. The number of amides is 1. The first-order valence-corrected chi connectivity index (χ1v) is 8.38. The highest BCUT2D eigenvalue weighted by Crippen LogP contribution is 2.37. The van der Waals surface area contributed by atoms with Gasteiger partial charge in [-0.3, -0.25) is 9.59 Å². The number of fused-ring (bicyclic) bond motifs is 1. The van der Waals surface area contributed by atoms with E-state index < -0.39 is 11.8 Å². The average molecular weight is 356 g/mol. The SMILES string of the molecule is Cc1cccc(NC(=O)c2sc3c(c2N)C=C(C(=O)O)C(=O)C3)c1C. The molecule has 3 rings (SSSR count). The summed E-state index contributed by atoms with van der Waals surface area (Å²) in [5.74, 6) is -2.14. The number of rotatable bonds is 3. The van der Waals surface area contributed by atoms with Crippen molar-refractivity contribution in [2.75, 3.05) is 11.1 Å². The third kappa shape index (κ3) is 2.94. The van der Waals surface area contributed by atoms with Gasteiger partial charge in [0.2, 0.25) is 0 Å². The Labute approximate surface area is 148 Å². The monoisotopic (exact) mass is 356 g/mol. The molecule has 1 aliphatic rings. The van der Waals surface area contributed by atoms with Crippen LogP contribution in [-0.2, 0) is 16.0 Å². The summed E-state index contributed by atoms with van der Waals surface area (Å²) in [6, 6.07) is 5.60. The Bertz CT molecular complexity index is 956. The first kappa shape index (κ1) is 16.9. The number of aliphatic carboxylic acids is 1. The van der Waals surface area contributed by atoms with Gasteiger partial charge in [-0.25, -0.2) is 4.79 Å². The molecule has 6 nitrogen and oxygen atoms in total. The number of carbonyl (C=O) groups excluding carboxylic acids is 2. The number of carboxylic acid groups (broad SMARTS) is 1. The quantitative estimate of drug-likeness (QED) is 0.733. The third-order valence-corrected chi connectivity index (χ3v) is 5.48. The molecule has 1 aliphatic carbocycles. The zero-order valence-corrected chi connectivity index (χ0v) is 14.5. The van der Waals surface area contributed by atoms with Gasteiger partial charge in [-0.2, -0.15) is 0 Å². The smallest absolute Gasteiger partial charge is 0.339 e. The van der Waals surface area contributed by atoms with Crippen molar-refractivity contribution in [2.45, 2.75) is 20.3 Å². The number of carboxylic acids is 1. The van der Waals surface area contributed by atoms with E-state index in [2.05, 4.69) is 5.32 Å². The minimum absolute atomic E-state index is 0.0565. The molecular weight excluding hydrogens is 340 g/mol. The van der Waals surface area contributed by atoms with Crippen molar-refractivity contribution in [1.82, 2.24) is 0 Å². The number of Topliss-reactive ketones (excluding diaryl/α,β-unsaturated/α-hetero) is 1. The fourth-order valence-electron chi connectivity index (χ4n) is 2.68. The number of carbonyl (C=O) groups is 3. The van der Waals surface area contributed by atoms with Gasteiger partial charge in [-0.15, -0.1) is 11.3 Å². The van der Waals surface area contributed by atoms with Gasteiger partial charge in [0, 0.05) is 22.5 Å². The molecule has 1 aromatic carbocycles. The molecule has 0 atom stereocenters. The molecule has 0 spiro atoms. The van der Waals surface area contributed by atoms with Crippen LogP contribution in [0, 0.1) is 13.8 Å². The Morgan fingerprint density at radius 3 is 2.68 bits per heavy atom. The summed E-state index contributed by atoms with van der Waals surface area (Å²) in [7, 11) is 0. The van der Waals surface area contributed by atoms with Crippen LogP contribution in [0.25, 0.3) is 6.08 Å². The summed E-state index contributed by atoms with van der Waals surface area (Å²) in [5.41, 5.74) is 9.10. The molecule has 4 N–H and O–H groups in total. The van der Waals surface area contributed by atoms with Crippen LogP contribution in [0.5, 0.6) is 0 Å². The van der Waals surface area contributed by atoms with Crippen molar-refractivity contribution in [3.63, 3.8) is 0 Å². The Balaban J connectivity index is 1.96. The fourth-order valence-corrected chi connectivity index (χ4v) is 3.77. The second-order valence-electron chi connectivity index (χ2n) is 5.85. The lowest BCUT2D eigenvalue weighted by molar-refractivity contribution is -0.134. The van der Waals surface area contributed by atoms with E-state index in [4.69, 9.17) is 10.8 Å². The molecule has 0 unspecified atom stereocenters. The van der Waals surface area contributed by atoms with E-state index in [1.54, 1.807) is 6.07 Å². The van der Waals surface area contributed by atoms with Crippen molar-refractivity contribution in [2.24, 2.45) is 0 Å². The van der Waals surface area contributed by atoms with Crippen LogP contribution in [-0.4, -0.2) is 22.8 Å². The van der Waals surface area contributed by atoms with Gasteiger partial charge in [0.25, 0.3) is 5.91 Å². The zero-order chi connectivity index (χ0) is 18.3. The van der Waals surface area contributed by atoms with Crippen molar-refractivity contribution < 1.29 is 19.5 Å². The predicted molar refractivity (Wildman–Crippen MR) is 96.9 cm³/mol. The molecule has 0 radical (unpaired) electrons. The number of nitrogens with two attached hydrogens (primary N) is 1. The fraction of sp³-hybridized carbons (Fsp3) is 0.167. The largest absolute Gasteiger partial charge is 0.478 e. The van der Waals surface area contributed by atoms with Gasteiger partial charge in [-0.1, -0.05) is 12.1 Å². The summed E-state index contributed by atoms with van der Waals surface area (Å²) in [6.07, 6.45) is 1.20. The van der Waals surface area contributed by atoms with Crippen LogP contribution in [0.2, 0.25) is 0 Å². The maximum absolute atomic E-state index is 12.6. The van der Waals surface area contributed by atoms with Crippen LogP contribution in [0.3, 0.4) is 0 Å². The molecule has 0 fully saturated rings. The van der Waals surface area contributed by atoms with E-state index in [0.29, 0.717) is 16.1 Å². The first-order valence-electron chi connectivity index (χ1n) is 7.56. The number of anilines is 2. The van der Waals surface area contributed by atoms with E-state index in [0.717, 1.165) is 22.5 Å². The zero-order valence-electron chi connectivity index (χ0n) is 13.7. The van der Waals surface area contributed by atoms with Gasteiger partial charge < -0.3 is 16.2 Å².